The van der Waals surface area contributed by atoms with Gasteiger partial charge in [0.25, 0.3) is 0 Å². The van der Waals surface area contributed by atoms with Crippen molar-refractivity contribution in [3.63, 3.8) is 0 Å². The number of thiophene rings is 1. The zero-order valence-corrected chi connectivity index (χ0v) is 26.8. The fourth-order valence-corrected chi connectivity index (χ4v) is 8.94. The summed E-state index contributed by atoms with van der Waals surface area (Å²) in [7, 11) is 0. The van der Waals surface area contributed by atoms with Crippen LogP contribution in [0.4, 0.5) is 0 Å². The second-order valence-corrected chi connectivity index (χ2v) is 14.1. The third-order valence-electron chi connectivity index (χ3n) is 10.00. The Kier molecular flexibility index (Phi) is 5.50. The first-order valence-electron chi connectivity index (χ1n) is 16.1. The number of rotatable bonds is 3. The molecule has 10 rings (SSSR count). The first kappa shape index (κ1) is 26.6. The van der Waals surface area contributed by atoms with Gasteiger partial charge < -0.3 is 4.57 Å². The van der Waals surface area contributed by atoms with E-state index in [0.717, 1.165) is 39.1 Å². The lowest BCUT2D eigenvalue weighted by atomic mass is 9.74. The van der Waals surface area contributed by atoms with Gasteiger partial charge in [-0.25, -0.2) is 9.97 Å². The van der Waals surface area contributed by atoms with Crippen LogP contribution in [0.2, 0.25) is 0 Å². The minimum Gasteiger partial charge on any atom is -0.300 e. The van der Waals surface area contributed by atoms with Gasteiger partial charge in [0.2, 0.25) is 0 Å². The molecule has 4 heterocycles. The molecular weight excluding hydrogens is 591 g/mol. The van der Waals surface area contributed by atoms with Crippen LogP contribution < -0.4 is 0 Å². The van der Waals surface area contributed by atoms with E-state index in [1.54, 1.807) is 0 Å². The molecule has 0 amide bonds. The zero-order chi connectivity index (χ0) is 31.3. The third-order valence-corrected chi connectivity index (χ3v) is 11.2. The van der Waals surface area contributed by atoms with E-state index in [9.17, 15) is 0 Å². The van der Waals surface area contributed by atoms with Crippen LogP contribution >= 0.6 is 11.3 Å². The molecule has 0 radical (unpaired) electrons. The molecule has 0 fully saturated rings. The van der Waals surface area contributed by atoms with Crippen LogP contribution in [0.15, 0.2) is 140 Å². The van der Waals surface area contributed by atoms with E-state index in [2.05, 4.69) is 146 Å². The Hall–Kier alpha value is -5.58. The molecule has 0 atom stereocenters. The molecule has 0 spiro atoms. The monoisotopic (exact) mass is 619 g/mol. The molecule has 222 valence electrons. The number of benzene rings is 6. The lowest BCUT2D eigenvalue weighted by Gasteiger charge is -2.35. The van der Waals surface area contributed by atoms with Gasteiger partial charge in [0, 0.05) is 42.8 Å². The summed E-state index contributed by atoms with van der Waals surface area (Å²) in [5, 5.41) is 5.09. The summed E-state index contributed by atoms with van der Waals surface area (Å²) < 4.78 is 3.87. The van der Waals surface area contributed by atoms with E-state index >= 15 is 0 Å². The van der Waals surface area contributed by atoms with Crippen molar-refractivity contribution in [2.45, 2.75) is 19.3 Å². The van der Waals surface area contributed by atoms with Crippen molar-refractivity contribution in [3.05, 3.63) is 151 Å². The summed E-state index contributed by atoms with van der Waals surface area (Å²) in [6.07, 6.45) is 0. The van der Waals surface area contributed by atoms with Crippen LogP contribution in [0, 0.1) is 0 Å². The Balaban J connectivity index is 1.17. The topological polar surface area (TPSA) is 30.7 Å². The number of para-hydroxylation sites is 2. The van der Waals surface area contributed by atoms with Crippen LogP contribution in [0.25, 0.3) is 81.6 Å². The second-order valence-electron chi connectivity index (χ2n) is 13.0. The standard InChI is InChI=1S/C43H29N3S/c1-43(2)33-23-22-28(25-36(33)46-40-32(18-11-19-34(40)43)38-31-17-7-9-21-37(31)47-42(38)46)27-14-10-15-29(24-27)41-44-35-20-8-6-16-30(35)39(45-41)26-12-4-3-5-13-26/h3-25H,1-2H3. The molecule has 1 aliphatic heterocycles. The van der Waals surface area contributed by atoms with Crippen LogP contribution in [-0.4, -0.2) is 14.5 Å². The van der Waals surface area contributed by atoms with Gasteiger partial charge in [-0.15, -0.1) is 11.3 Å². The van der Waals surface area contributed by atoms with Crippen molar-refractivity contribution in [3.8, 4) is 39.5 Å². The van der Waals surface area contributed by atoms with Gasteiger partial charge in [-0.05, 0) is 46.5 Å². The first-order valence-corrected chi connectivity index (χ1v) is 16.9. The highest BCUT2D eigenvalue weighted by atomic mass is 32.1. The average Bonchev–Trinajstić information content (AvgIpc) is 3.66. The Morgan fingerprint density at radius 2 is 1.26 bits per heavy atom. The molecule has 3 nitrogen and oxygen atoms in total. The number of fused-ring (bicyclic) bond motifs is 8. The van der Waals surface area contributed by atoms with Crippen molar-refractivity contribution >= 4 is 53.4 Å². The number of hydrogen-bond donors (Lipinski definition) is 0. The minimum atomic E-state index is -0.131. The molecule has 1 aliphatic rings. The predicted octanol–water partition coefficient (Wildman–Crippen LogP) is 11.6. The summed E-state index contributed by atoms with van der Waals surface area (Å²) in [4.78, 5) is 11.5. The molecule has 0 N–H and O–H groups in total. The lowest BCUT2D eigenvalue weighted by Crippen LogP contribution is -2.26. The Bertz CT molecular complexity index is 2710. The highest BCUT2D eigenvalue weighted by Gasteiger charge is 2.36. The van der Waals surface area contributed by atoms with Gasteiger partial charge in [0.15, 0.2) is 5.82 Å². The zero-order valence-electron chi connectivity index (χ0n) is 26.0. The molecule has 6 aromatic carbocycles. The number of aromatic nitrogens is 3. The van der Waals surface area contributed by atoms with Crippen LogP contribution in [0.5, 0.6) is 0 Å². The molecule has 3 aromatic heterocycles. The van der Waals surface area contributed by atoms with Gasteiger partial charge in [0.1, 0.15) is 4.83 Å². The summed E-state index contributed by atoms with van der Waals surface area (Å²) in [6, 6.07) is 50.1. The van der Waals surface area contributed by atoms with E-state index < -0.39 is 0 Å². The molecular formula is C43H29N3S. The van der Waals surface area contributed by atoms with Crippen molar-refractivity contribution in [1.82, 2.24) is 14.5 Å². The first-order chi connectivity index (χ1) is 23.1. The van der Waals surface area contributed by atoms with Gasteiger partial charge >= 0.3 is 0 Å². The fourth-order valence-electron chi connectivity index (χ4n) is 7.70. The maximum Gasteiger partial charge on any atom is 0.160 e. The fraction of sp³-hybridized carbons (Fsp3) is 0.0698. The van der Waals surface area contributed by atoms with Crippen molar-refractivity contribution < 1.29 is 0 Å². The summed E-state index contributed by atoms with van der Waals surface area (Å²) in [6.45, 7) is 4.73. The normalized spacial score (nSPS) is 13.5. The smallest absolute Gasteiger partial charge is 0.160 e. The molecule has 0 unspecified atom stereocenters. The quantitative estimate of drug-likeness (QED) is 0.197. The molecule has 9 aromatic rings. The largest absolute Gasteiger partial charge is 0.300 e. The molecule has 0 aliphatic carbocycles. The maximum atomic E-state index is 5.15. The minimum absolute atomic E-state index is 0.131. The van der Waals surface area contributed by atoms with E-state index in [1.165, 1.54) is 53.6 Å². The van der Waals surface area contributed by atoms with Gasteiger partial charge in [0.05, 0.1) is 22.4 Å². The van der Waals surface area contributed by atoms with Crippen LogP contribution in [0.3, 0.4) is 0 Å². The summed E-state index contributed by atoms with van der Waals surface area (Å²) in [5.41, 5.74) is 11.5. The summed E-state index contributed by atoms with van der Waals surface area (Å²) >= 11 is 1.89. The van der Waals surface area contributed by atoms with Crippen molar-refractivity contribution in [1.29, 1.82) is 0 Å². The summed E-state index contributed by atoms with van der Waals surface area (Å²) in [5.74, 6) is 0.733. The van der Waals surface area contributed by atoms with E-state index in [0.29, 0.717) is 0 Å². The molecule has 0 saturated carbocycles. The van der Waals surface area contributed by atoms with E-state index in [-0.39, 0.29) is 5.41 Å². The number of nitrogens with zero attached hydrogens (tertiary/aromatic N) is 3. The molecule has 47 heavy (non-hydrogen) atoms. The molecule has 4 heteroatoms. The molecule has 0 bridgehead atoms. The number of hydrogen-bond acceptors (Lipinski definition) is 3. The van der Waals surface area contributed by atoms with Crippen molar-refractivity contribution in [2.24, 2.45) is 0 Å². The van der Waals surface area contributed by atoms with Crippen LogP contribution in [-0.2, 0) is 5.41 Å². The highest BCUT2D eigenvalue weighted by Crippen LogP contribution is 2.51. The third kappa shape index (κ3) is 3.79. The maximum absolute atomic E-state index is 5.15. The molecule has 0 saturated heterocycles. The van der Waals surface area contributed by atoms with E-state index in [4.69, 9.17) is 9.97 Å². The Morgan fingerprint density at radius 1 is 0.553 bits per heavy atom. The Labute approximate surface area is 276 Å². The average molecular weight is 620 g/mol. The van der Waals surface area contributed by atoms with E-state index in [1.807, 2.05) is 23.5 Å². The van der Waals surface area contributed by atoms with Crippen molar-refractivity contribution in [2.75, 3.05) is 0 Å². The highest BCUT2D eigenvalue weighted by molar-refractivity contribution is 7.25. The second kappa shape index (κ2) is 9.71. The van der Waals surface area contributed by atoms with Crippen LogP contribution in [0.1, 0.15) is 25.0 Å². The van der Waals surface area contributed by atoms with Gasteiger partial charge in [-0.3, -0.25) is 0 Å². The SMILES string of the molecule is CC1(C)c2ccc(-c3cccc(-c4nc(-c5ccccc5)c5ccccc5n4)c3)cc2-n2c3sc4ccccc4c3c3cccc1c32. The Morgan fingerprint density at radius 3 is 2.15 bits per heavy atom. The van der Waals surface area contributed by atoms with Gasteiger partial charge in [-0.2, -0.15) is 0 Å². The van der Waals surface area contributed by atoms with Gasteiger partial charge in [-0.1, -0.05) is 129 Å². The predicted molar refractivity (Wildman–Crippen MR) is 198 cm³/mol. The lowest BCUT2D eigenvalue weighted by molar-refractivity contribution is 0.630.